The van der Waals surface area contributed by atoms with E-state index in [1.807, 2.05) is 0 Å². The van der Waals surface area contributed by atoms with Crippen LogP contribution in [0.3, 0.4) is 0 Å². The fourth-order valence-corrected chi connectivity index (χ4v) is 10.6. The van der Waals surface area contributed by atoms with Crippen molar-refractivity contribution in [3.63, 3.8) is 0 Å². The summed E-state index contributed by atoms with van der Waals surface area (Å²) in [5.74, 6) is -0.819. The molecule has 0 aliphatic heterocycles. The largest absolute Gasteiger partial charge is 0.472 e. The van der Waals surface area contributed by atoms with Gasteiger partial charge in [-0.05, 0) is 44.9 Å². The van der Waals surface area contributed by atoms with Crippen molar-refractivity contribution in [3.05, 3.63) is 24.3 Å². The molecule has 0 amide bonds. The van der Waals surface area contributed by atoms with Crippen LogP contribution in [-0.2, 0) is 32.7 Å². The van der Waals surface area contributed by atoms with Gasteiger partial charge in [0.15, 0.2) is 6.10 Å². The molecule has 0 saturated carbocycles. The molecule has 0 rings (SSSR count). The second kappa shape index (κ2) is 60.7. The normalized spacial score (nSPS) is 13.1. The number of allylic oxidation sites excluding steroid dienone is 4. The summed E-state index contributed by atoms with van der Waals surface area (Å²) in [6.45, 7) is 3.78. The molecule has 2 unspecified atom stereocenters. The molecule has 10 heteroatoms. The van der Waals surface area contributed by atoms with E-state index in [0.29, 0.717) is 6.42 Å². The average molecular weight is 1070 g/mol. The van der Waals surface area contributed by atoms with E-state index in [0.717, 1.165) is 51.4 Å². The van der Waals surface area contributed by atoms with E-state index >= 15 is 0 Å². The Kier molecular flexibility index (Phi) is 59.5. The minimum Gasteiger partial charge on any atom is -0.462 e. The number of nitrogens with two attached hydrogens (primary N) is 1. The van der Waals surface area contributed by atoms with E-state index in [2.05, 4.69) is 38.2 Å². The lowest BCUT2D eigenvalue weighted by Gasteiger charge is -2.19. The van der Waals surface area contributed by atoms with Crippen LogP contribution in [-0.4, -0.2) is 49.3 Å². The zero-order valence-electron chi connectivity index (χ0n) is 49.1. The monoisotopic (exact) mass is 1070 g/mol. The van der Waals surface area contributed by atoms with E-state index < -0.39 is 26.5 Å². The van der Waals surface area contributed by atoms with Gasteiger partial charge < -0.3 is 20.1 Å². The van der Waals surface area contributed by atoms with Crippen LogP contribution in [0.15, 0.2) is 24.3 Å². The average Bonchev–Trinajstić information content (AvgIpc) is 3.39. The second-order valence-electron chi connectivity index (χ2n) is 22.0. The first-order chi connectivity index (χ1) is 36.3. The Morgan fingerprint density at radius 3 is 1.04 bits per heavy atom. The molecule has 0 aromatic heterocycles. The van der Waals surface area contributed by atoms with Gasteiger partial charge >= 0.3 is 19.8 Å². The number of esters is 2. The van der Waals surface area contributed by atoms with Crippen LogP contribution in [0.4, 0.5) is 0 Å². The van der Waals surface area contributed by atoms with Crippen molar-refractivity contribution in [2.45, 2.75) is 347 Å². The van der Waals surface area contributed by atoms with Crippen LogP contribution in [0.25, 0.3) is 0 Å². The summed E-state index contributed by atoms with van der Waals surface area (Å²) in [5, 5.41) is 0. The summed E-state index contributed by atoms with van der Waals surface area (Å²) >= 11 is 0. The third-order valence-electron chi connectivity index (χ3n) is 14.6. The smallest absolute Gasteiger partial charge is 0.462 e. The van der Waals surface area contributed by atoms with Gasteiger partial charge in [-0.3, -0.25) is 18.6 Å². The summed E-state index contributed by atoms with van der Waals surface area (Å²) < 4.78 is 33.1. The van der Waals surface area contributed by atoms with Crippen LogP contribution in [0.2, 0.25) is 0 Å². The molecule has 9 nitrogen and oxygen atoms in total. The van der Waals surface area contributed by atoms with Gasteiger partial charge in [-0.15, -0.1) is 0 Å². The van der Waals surface area contributed by atoms with E-state index in [9.17, 15) is 19.0 Å². The number of phosphoric ester groups is 1. The Bertz CT molecular complexity index is 1260. The first-order valence-electron chi connectivity index (χ1n) is 32.3. The Balaban J connectivity index is 3.78. The van der Waals surface area contributed by atoms with Crippen molar-refractivity contribution in [1.82, 2.24) is 0 Å². The molecule has 0 aliphatic rings. The maximum atomic E-state index is 12.7. The van der Waals surface area contributed by atoms with Crippen LogP contribution in [0, 0.1) is 0 Å². The zero-order chi connectivity index (χ0) is 53.8. The van der Waals surface area contributed by atoms with E-state index in [4.69, 9.17) is 24.3 Å². The number of unbranched alkanes of at least 4 members (excludes halogenated alkanes) is 45. The standard InChI is InChI=1S/C64H124NO8P/c1-3-5-7-9-11-13-15-17-19-21-23-24-25-26-27-28-29-30-31-32-33-34-35-36-37-38-39-41-42-44-46-48-50-52-54-56-63(66)70-60-62(61-72-74(68,69)71-59-58-65)73-64(67)57-55-53-51-49-47-45-43-40-22-20-18-16-14-12-10-8-6-4-2/h14,16,20,22,62H,3-13,15,17-19,21,23-61,65H2,1-2H3,(H,68,69)/b16-14-,22-20-. The third-order valence-corrected chi connectivity index (χ3v) is 15.6. The lowest BCUT2D eigenvalue weighted by Crippen LogP contribution is -2.29. The number of carbonyl (C=O) groups is 2. The number of hydrogen-bond donors (Lipinski definition) is 2. The van der Waals surface area contributed by atoms with Crippen molar-refractivity contribution in [3.8, 4) is 0 Å². The number of hydrogen-bond acceptors (Lipinski definition) is 8. The van der Waals surface area contributed by atoms with E-state index in [-0.39, 0.29) is 38.6 Å². The Morgan fingerprint density at radius 1 is 0.405 bits per heavy atom. The second-order valence-corrected chi connectivity index (χ2v) is 23.4. The van der Waals surface area contributed by atoms with Crippen molar-refractivity contribution in [2.24, 2.45) is 5.73 Å². The molecule has 0 heterocycles. The number of carbonyl (C=O) groups excluding carboxylic acids is 2. The highest BCUT2D eigenvalue weighted by Gasteiger charge is 2.26. The maximum absolute atomic E-state index is 12.7. The van der Waals surface area contributed by atoms with Crippen molar-refractivity contribution in [2.75, 3.05) is 26.4 Å². The molecular weight excluding hydrogens is 942 g/mol. The maximum Gasteiger partial charge on any atom is 0.472 e. The summed E-state index contributed by atoms with van der Waals surface area (Å²) in [4.78, 5) is 35.2. The number of phosphoric acid groups is 1. The summed E-state index contributed by atoms with van der Waals surface area (Å²) in [7, 11) is -4.39. The first-order valence-corrected chi connectivity index (χ1v) is 33.8. The topological polar surface area (TPSA) is 134 Å². The molecule has 2 atom stereocenters. The molecule has 0 aromatic rings. The number of ether oxygens (including phenoxy) is 2. The Labute approximate surface area is 459 Å². The van der Waals surface area contributed by atoms with Crippen molar-refractivity contribution < 1.29 is 37.6 Å². The zero-order valence-corrected chi connectivity index (χ0v) is 50.0. The van der Waals surface area contributed by atoms with Crippen LogP contribution >= 0.6 is 7.82 Å². The minimum absolute atomic E-state index is 0.0540. The number of rotatable bonds is 62. The fraction of sp³-hybridized carbons (Fsp3) is 0.906. The Morgan fingerprint density at radius 2 is 0.703 bits per heavy atom. The highest BCUT2D eigenvalue weighted by molar-refractivity contribution is 7.47. The molecule has 0 radical (unpaired) electrons. The van der Waals surface area contributed by atoms with Gasteiger partial charge in [0.25, 0.3) is 0 Å². The van der Waals surface area contributed by atoms with Gasteiger partial charge in [0.1, 0.15) is 6.61 Å². The molecular formula is C64H124NO8P. The minimum atomic E-state index is -4.39. The Hall–Kier alpha value is -1.51. The predicted molar refractivity (Wildman–Crippen MR) is 317 cm³/mol. The van der Waals surface area contributed by atoms with Gasteiger partial charge in [-0.1, -0.05) is 308 Å². The highest BCUT2D eigenvalue weighted by atomic mass is 31.2. The predicted octanol–water partition coefficient (Wildman–Crippen LogP) is 20.6. The van der Waals surface area contributed by atoms with Gasteiger partial charge in [0.2, 0.25) is 0 Å². The molecule has 0 aromatic carbocycles. The van der Waals surface area contributed by atoms with E-state index in [1.54, 1.807) is 0 Å². The highest BCUT2D eigenvalue weighted by Crippen LogP contribution is 2.43. The van der Waals surface area contributed by atoms with Gasteiger partial charge in [-0.2, -0.15) is 0 Å². The third kappa shape index (κ3) is 59.7. The molecule has 0 saturated heterocycles. The molecule has 3 N–H and O–H groups in total. The molecule has 74 heavy (non-hydrogen) atoms. The molecule has 0 aliphatic carbocycles. The summed E-state index contributed by atoms with van der Waals surface area (Å²) in [6, 6.07) is 0. The van der Waals surface area contributed by atoms with Crippen LogP contribution in [0.1, 0.15) is 341 Å². The first kappa shape index (κ1) is 72.5. The lowest BCUT2D eigenvalue weighted by atomic mass is 10.0. The SMILES string of the molecule is CCCCCC/C=C\C/C=C\CCCCCCCCCC(=O)OC(COC(=O)CCCCCCCCCCCCCCCCCCCCCCCCCCCCCCCCCCCCC)COP(=O)(O)OCCN. The quantitative estimate of drug-likeness (QED) is 0.0264. The van der Waals surface area contributed by atoms with Gasteiger partial charge in [-0.25, -0.2) is 4.57 Å². The summed E-state index contributed by atoms with van der Waals surface area (Å²) in [5.41, 5.74) is 5.39. The van der Waals surface area contributed by atoms with Crippen LogP contribution in [0.5, 0.6) is 0 Å². The fourth-order valence-electron chi connectivity index (χ4n) is 9.79. The van der Waals surface area contributed by atoms with Crippen molar-refractivity contribution in [1.29, 1.82) is 0 Å². The van der Waals surface area contributed by atoms with Crippen LogP contribution < -0.4 is 5.73 Å². The molecule has 0 bridgehead atoms. The molecule has 0 fully saturated rings. The molecule has 0 spiro atoms. The van der Waals surface area contributed by atoms with Gasteiger partial charge in [0, 0.05) is 19.4 Å². The lowest BCUT2D eigenvalue weighted by molar-refractivity contribution is -0.161. The van der Waals surface area contributed by atoms with Gasteiger partial charge in [0.05, 0.1) is 13.2 Å². The van der Waals surface area contributed by atoms with E-state index in [1.165, 1.54) is 257 Å². The summed E-state index contributed by atoms with van der Waals surface area (Å²) in [6.07, 6.45) is 72.8. The molecule has 438 valence electrons. The van der Waals surface area contributed by atoms with Crippen molar-refractivity contribution >= 4 is 19.8 Å².